The molecule has 1 heterocycles. The fourth-order valence-electron chi connectivity index (χ4n) is 2.34. The predicted octanol–water partition coefficient (Wildman–Crippen LogP) is 3.37. The van der Waals surface area contributed by atoms with Crippen LogP contribution in [0.15, 0.2) is 35.1 Å². The van der Waals surface area contributed by atoms with Gasteiger partial charge in [0, 0.05) is 23.0 Å². The Morgan fingerprint density at radius 1 is 1.19 bits per heavy atom. The van der Waals surface area contributed by atoms with E-state index in [0.29, 0.717) is 17.2 Å². The number of carbonyl (C=O) groups excluding carboxylic acids is 1. The number of amides is 1. The molecule has 0 saturated heterocycles. The number of nitrogens with one attached hydrogen (secondary N) is 2. The van der Waals surface area contributed by atoms with Gasteiger partial charge in [-0.05, 0) is 37.0 Å². The summed E-state index contributed by atoms with van der Waals surface area (Å²) >= 11 is 0. The highest BCUT2D eigenvalue weighted by molar-refractivity contribution is 6.05. The van der Waals surface area contributed by atoms with E-state index in [2.05, 4.69) is 24.1 Å². The predicted molar refractivity (Wildman–Crippen MR) is 85.0 cm³/mol. The Morgan fingerprint density at radius 3 is 2.52 bits per heavy atom. The molecule has 1 aromatic carbocycles. The molecule has 0 aliphatic heterocycles. The van der Waals surface area contributed by atoms with Crippen LogP contribution in [0.25, 0.3) is 0 Å². The molecule has 2 rings (SSSR count). The summed E-state index contributed by atoms with van der Waals surface area (Å²) in [6, 6.07) is 8.94. The average molecular weight is 284 g/mol. The molecule has 0 saturated carbocycles. The maximum Gasteiger partial charge on any atom is 0.255 e. The molecule has 0 aliphatic carbocycles. The first-order valence-corrected chi connectivity index (χ1v) is 7.00. The fourth-order valence-corrected chi connectivity index (χ4v) is 2.34. The maximum absolute atomic E-state index is 12.4. The van der Waals surface area contributed by atoms with Crippen molar-refractivity contribution in [3.05, 3.63) is 63.1 Å². The van der Waals surface area contributed by atoms with Crippen molar-refractivity contribution in [3.8, 4) is 0 Å². The molecule has 21 heavy (non-hydrogen) atoms. The van der Waals surface area contributed by atoms with Gasteiger partial charge in [-0.1, -0.05) is 32.0 Å². The van der Waals surface area contributed by atoms with Crippen molar-refractivity contribution in [1.82, 2.24) is 4.98 Å². The summed E-state index contributed by atoms with van der Waals surface area (Å²) < 4.78 is 0. The monoisotopic (exact) mass is 284 g/mol. The Hall–Kier alpha value is -2.36. The van der Waals surface area contributed by atoms with Crippen LogP contribution < -0.4 is 10.9 Å². The minimum atomic E-state index is -0.269. The third kappa shape index (κ3) is 3.40. The lowest BCUT2D eigenvalue weighted by Gasteiger charge is -2.16. The summed E-state index contributed by atoms with van der Waals surface area (Å²) in [6.07, 6.45) is 0. The highest BCUT2D eigenvalue weighted by Crippen LogP contribution is 2.27. The SMILES string of the molecule is Cc1cc(C(=O)Nc2c(C)cccc2C(C)C)cc(=O)[nH]1. The normalized spacial score (nSPS) is 10.7. The second kappa shape index (κ2) is 5.95. The van der Waals surface area contributed by atoms with Gasteiger partial charge in [-0.15, -0.1) is 0 Å². The molecule has 2 N–H and O–H groups in total. The number of H-pyrrole nitrogens is 1. The second-order valence-corrected chi connectivity index (χ2v) is 5.56. The van der Waals surface area contributed by atoms with Crippen molar-refractivity contribution in [2.24, 2.45) is 0 Å². The number of anilines is 1. The minimum absolute atomic E-state index is 0.264. The molecule has 2 aromatic rings. The number of hydrogen-bond acceptors (Lipinski definition) is 2. The smallest absolute Gasteiger partial charge is 0.255 e. The van der Waals surface area contributed by atoms with Gasteiger partial charge in [-0.3, -0.25) is 9.59 Å². The number of aryl methyl sites for hydroxylation is 2. The molecule has 1 aromatic heterocycles. The van der Waals surface area contributed by atoms with E-state index in [-0.39, 0.29) is 11.5 Å². The van der Waals surface area contributed by atoms with Gasteiger partial charge in [0.2, 0.25) is 5.56 Å². The van der Waals surface area contributed by atoms with E-state index in [1.165, 1.54) is 6.07 Å². The number of aromatic amines is 1. The standard InChI is InChI=1S/C17H20N2O2/c1-10(2)14-7-5-6-11(3)16(14)19-17(21)13-8-12(4)18-15(20)9-13/h5-10H,1-4H3,(H,18,20)(H,19,21). The van der Waals surface area contributed by atoms with Crippen LogP contribution in [0.3, 0.4) is 0 Å². The third-order valence-corrected chi connectivity index (χ3v) is 3.41. The molecule has 4 heteroatoms. The summed E-state index contributed by atoms with van der Waals surface area (Å²) in [7, 11) is 0. The number of hydrogen-bond donors (Lipinski definition) is 2. The molecule has 110 valence electrons. The summed E-state index contributed by atoms with van der Waals surface area (Å²) in [6.45, 7) is 7.89. The number of benzene rings is 1. The van der Waals surface area contributed by atoms with Crippen LogP contribution in [0.1, 0.15) is 46.9 Å². The number of carbonyl (C=O) groups is 1. The average Bonchev–Trinajstić information content (AvgIpc) is 2.39. The van der Waals surface area contributed by atoms with Gasteiger partial charge in [0.05, 0.1) is 0 Å². The van der Waals surface area contributed by atoms with Crippen LogP contribution >= 0.6 is 0 Å². The molecule has 0 radical (unpaired) electrons. The van der Waals surface area contributed by atoms with Crippen LogP contribution in [-0.4, -0.2) is 10.9 Å². The first-order chi connectivity index (χ1) is 9.88. The molecule has 0 atom stereocenters. The minimum Gasteiger partial charge on any atom is -0.326 e. The van der Waals surface area contributed by atoms with Crippen molar-refractivity contribution in [1.29, 1.82) is 0 Å². The van der Waals surface area contributed by atoms with Gasteiger partial charge in [0.15, 0.2) is 0 Å². The number of rotatable bonds is 3. The van der Waals surface area contributed by atoms with Crippen LogP contribution in [0.4, 0.5) is 5.69 Å². The quantitative estimate of drug-likeness (QED) is 0.907. The Bertz CT molecular complexity index is 730. The Morgan fingerprint density at radius 2 is 1.90 bits per heavy atom. The van der Waals surface area contributed by atoms with E-state index in [1.807, 2.05) is 25.1 Å². The Labute approximate surface area is 124 Å². The van der Waals surface area contributed by atoms with Crippen molar-refractivity contribution >= 4 is 11.6 Å². The topological polar surface area (TPSA) is 62.0 Å². The molecular formula is C17H20N2O2. The molecule has 4 nitrogen and oxygen atoms in total. The van der Waals surface area contributed by atoms with Crippen molar-refractivity contribution < 1.29 is 4.79 Å². The van der Waals surface area contributed by atoms with E-state index in [9.17, 15) is 9.59 Å². The molecule has 0 spiro atoms. The molecule has 1 amide bonds. The second-order valence-electron chi connectivity index (χ2n) is 5.56. The summed E-state index contributed by atoms with van der Waals surface area (Å²) in [5, 5.41) is 2.94. The van der Waals surface area contributed by atoms with E-state index in [1.54, 1.807) is 13.0 Å². The lowest BCUT2D eigenvalue weighted by Crippen LogP contribution is -2.18. The molecule has 0 fully saturated rings. The summed E-state index contributed by atoms with van der Waals surface area (Å²) in [5.41, 5.74) is 3.70. The molecule has 0 unspecified atom stereocenters. The van der Waals surface area contributed by atoms with Gasteiger partial charge in [0.25, 0.3) is 5.91 Å². The van der Waals surface area contributed by atoms with E-state index < -0.39 is 0 Å². The molecule has 0 aliphatic rings. The van der Waals surface area contributed by atoms with Gasteiger partial charge in [-0.25, -0.2) is 0 Å². The Balaban J connectivity index is 2.38. The van der Waals surface area contributed by atoms with Crippen molar-refractivity contribution in [2.45, 2.75) is 33.6 Å². The summed E-state index contributed by atoms with van der Waals surface area (Å²) in [5.74, 6) is 0.0431. The Kier molecular flexibility index (Phi) is 4.26. The van der Waals surface area contributed by atoms with Gasteiger partial charge >= 0.3 is 0 Å². The maximum atomic E-state index is 12.4. The molecule has 0 bridgehead atoms. The summed E-state index contributed by atoms with van der Waals surface area (Å²) in [4.78, 5) is 26.5. The van der Waals surface area contributed by atoms with Crippen molar-refractivity contribution in [3.63, 3.8) is 0 Å². The largest absolute Gasteiger partial charge is 0.326 e. The highest BCUT2D eigenvalue weighted by atomic mass is 16.2. The van der Waals surface area contributed by atoms with Crippen molar-refractivity contribution in [2.75, 3.05) is 5.32 Å². The fraction of sp³-hybridized carbons (Fsp3) is 0.294. The first-order valence-electron chi connectivity index (χ1n) is 7.00. The third-order valence-electron chi connectivity index (χ3n) is 3.41. The van der Waals surface area contributed by atoms with E-state index >= 15 is 0 Å². The van der Waals surface area contributed by atoms with E-state index in [4.69, 9.17) is 0 Å². The number of pyridine rings is 1. The van der Waals surface area contributed by atoms with Gasteiger partial charge in [-0.2, -0.15) is 0 Å². The first kappa shape index (κ1) is 15.0. The zero-order valence-electron chi connectivity index (χ0n) is 12.8. The van der Waals surface area contributed by atoms with Crippen LogP contribution in [0.5, 0.6) is 0 Å². The van der Waals surface area contributed by atoms with Crippen LogP contribution in [0.2, 0.25) is 0 Å². The lowest BCUT2D eigenvalue weighted by atomic mass is 9.98. The highest BCUT2D eigenvalue weighted by Gasteiger charge is 2.13. The zero-order valence-corrected chi connectivity index (χ0v) is 12.8. The van der Waals surface area contributed by atoms with E-state index in [0.717, 1.165) is 16.8 Å². The molecular weight excluding hydrogens is 264 g/mol. The zero-order chi connectivity index (χ0) is 15.6. The number of aromatic nitrogens is 1. The van der Waals surface area contributed by atoms with Gasteiger partial charge in [0.1, 0.15) is 0 Å². The van der Waals surface area contributed by atoms with Crippen LogP contribution in [0, 0.1) is 13.8 Å². The van der Waals surface area contributed by atoms with Gasteiger partial charge < -0.3 is 10.3 Å². The number of para-hydroxylation sites is 1. The lowest BCUT2D eigenvalue weighted by molar-refractivity contribution is 0.102. The van der Waals surface area contributed by atoms with Crippen LogP contribution in [-0.2, 0) is 0 Å².